The van der Waals surface area contributed by atoms with Gasteiger partial charge in [0, 0.05) is 12.8 Å². The molecular weight excluding hydrogens is 174 g/mol. The summed E-state index contributed by atoms with van der Waals surface area (Å²) in [5.41, 5.74) is 5.05. The predicted molar refractivity (Wildman–Crippen MR) is 46.2 cm³/mol. The molecule has 6 heteroatoms. The number of nitrogens with two attached hydrogens (primary N) is 1. The number of hydrogen-bond donors (Lipinski definition) is 4. The van der Waals surface area contributed by atoms with Crippen LogP contribution < -0.4 is 5.73 Å². The van der Waals surface area contributed by atoms with Gasteiger partial charge in [-0.15, -0.1) is 0 Å². The number of nitrogens with one attached hydrogen (secondary N) is 1. The van der Waals surface area contributed by atoms with Crippen molar-refractivity contribution in [2.45, 2.75) is 12.8 Å². The van der Waals surface area contributed by atoms with Gasteiger partial charge in [0.15, 0.2) is 0 Å². The maximum Gasteiger partial charge on any atom is 0.402 e. The van der Waals surface area contributed by atoms with Gasteiger partial charge in [0.2, 0.25) is 0 Å². The van der Waals surface area contributed by atoms with Crippen LogP contribution >= 0.6 is 0 Å². The maximum atomic E-state index is 8.78. The number of carboxylic acid groups (broad SMARTS) is 1. The number of nitrogens with zero attached hydrogens (tertiary/aromatic N) is 1. The van der Waals surface area contributed by atoms with Gasteiger partial charge in [-0.05, 0) is 12.8 Å². The first-order chi connectivity index (χ1) is 6.16. The van der Waals surface area contributed by atoms with Crippen molar-refractivity contribution in [1.29, 1.82) is 0 Å². The van der Waals surface area contributed by atoms with Crippen LogP contribution in [0.3, 0.4) is 0 Å². The molecule has 1 heterocycles. The monoisotopic (exact) mass is 187 g/mol. The number of carbonyl (C=O) groups is 1. The molecule has 0 radical (unpaired) electrons. The van der Waals surface area contributed by atoms with Crippen molar-refractivity contribution in [2.75, 3.05) is 6.61 Å². The summed E-state index contributed by atoms with van der Waals surface area (Å²) in [6.07, 6.45) is 3.81. The highest BCUT2D eigenvalue weighted by atomic mass is 16.4. The Kier molecular flexibility index (Phi) is 6.26. The number of amides is 1. The van der Waals surface area contributed by atoms with Crippen molar-refractivity contribution in [3.63, 3.8) is 0 Å². The Morgan fingerprint density at radius 1 is 1.69 bits per heavy atom. The zero-order valence-corrected chi connectivity index (χ0v) is 7.10. The highest BCUT2D eigenvalue weighted by Crippen LogP contribution is 1.94. The smallest absolute Gasteiger partial charge is 0.402 e. The number of imidazole rings is 1. The lowest BCUT2D eigenvalue weighted by atomic mass is 10.3. The van der Waals surface area contributed by atoms with E-state index in [0.29, 0.717) is 0 Å². The topological polar surface area (TPSA) is 112 Å². The molecule has 0 aliphatic rings. The number of primary amides is 1. The molecule has 1 amide bonds. The number of aliphatic hydroxyl groups excluding tert-OH is 1. The lowest BCUT2D eigenvalue weighted by Crippen LogP contribution is -2.03. The lowest BCUT2D eigenvalue weighted by molar-refractivity contribution is 0.205. The van der Waals surface area contributed by atoms with Gasteiger partial charge in [-0.2, -0.15) is 0 Å². The van der Waals surface area contributed by atoms with Gasteiger partial charge >= 0.3 is 6.09 Å². The fraction of sp³-hybridized carbons (Fsp3) is 0.429. The Balaban J connectivity index is 0.000000310. The third-order valence-electron chi connectivity index (χ3n) is 1.15. The Morgan fingerprint density at radius 2 is 2.31 bits per heavy atom. The van der Waals surface area contributed by atoms with E-state index < -0.39 is 6.09 Å². The minimum atomic E-state index is -1.33. The van der Waals surface area contributed by atoms with Crippen molar-refractivity contribution in [3.8, 4) is 0 Å². The van der Waals surface area contributed by atoms with Gasteiger partial charge in [-0.3, -0.25) is 0 Å². The van der Waals surface area contributed by atoms with Gasteiger partial charge in [-0.25, -0.2) is 9.78 Å². The van der Waals surface area contributed by atoms with Crippen LogP contribution in [0.25, 0.3) is 0 Å². The molecule has 0 unspecified atom stereocenters. The number of aryl methyl sites for hydroxylation is 1. The SMILES string of the molecule is NC(=O)O.OCCCc1c[nH]cn1. The van der Waals surface area contributed by atoms with Crippen molar-refractivity contribution in [3.05, 3.63) is 18.2 Å². The number of rotatable bonds is 3. The van der Waals surface area contributed by atoms with Crippen LogP contribution in [0.2, 0.25) is 0 Å². The van der Waals surface area contributed by atoms with Crippen LogP contribution in [0.4, 0.5) is 4.79 Å². The van der Waals surface area contributed by atoms with E-state index in [1.165, 1.54) is 0 Å². The molecule has 0 fully saturated rings. The molecule has 1 aromatic heterocycles. The molecule has 0 spiro atoms. The van der Waals surface area contributed by atoms with Gasteiger partial charge in [-0.1, -0.05) is 0 Å². The van der Waals surface area contributed by atoms with Crippen LogP contribution in [0.15, 0.2) is 12.5 Å². The van der Waals surface area contributed by atoms with E-state index in [-0.39, 0.29) is 6.61 Å². The van der Waals surface area contributed by atoms with Crippen molar-refractivity contribution < 1.29 is 15.0 Å². The van der Waals surface area contributed by atoms with E-state index in [9.17, 15) is 0 Å². The van der Waals surface area contributed by atoms with Crippen LogP contribution in [0.1, 0.15) is 12.1 Å². The third kappa shape index (κ3) is 8.35. The molecule has 5 N–H and O–H groups in total. The number of aliphatic hydroxyl groups is 1. The van der Waals surface area contributed by atoms with Crippen molar-refractivity contribution in [1.82, 2.24) is 9.97 Å². The summed E-state index contributed by atoms with van der Waals surface area (Å²) in [5.74, 6) is 0. The predicted octanol–water partition coefficient (Wildman–Crippen LogP) is -0.0423. The van der Waals surface area contributed by atoms with Gasteiger partial charge in [0.05, 0.1) is 12.0 Å². The number of hydrogen-bond acceptors (Lipinski definition) is 3. The number of aromatic nitrogens is 2. The van der Waals surface area contributed by atoms with Gasteiger partial charge in [0.1, 0.15) is 0 Å². The molecule has 0 aliphatic carbocycles. The second-order valence-electron chi connectivity index (χ2n) is 2.23. The molecule has 0 atom stereocenters. The van der Waals surface area contributed by atoms with Crippen LogP contribution in [-0.2, 0) is 6.42 Å². The summed E-state index contributed by atoms with van der Waals surface area (Å²) >= 11 is 0. The third-order valence-corrected chi connectivity index (χ3v) is 1.15. The molecule has 0 saturated heterocycles. The zero-order chi connectivity index (χ0) is 10.1. The largest absolute Gasteiger partial charge is 0.465 e. The molecule has 1 rings (SSSR count). The van der Waals surface area contributed by atoms with Gasteiger partial charge < -0.3 is 20.9 Å². The van der Waals surface area contributed by atoms with Gasteiger partial charge in [0.25, 0.3) is 0 Å². The van der Waals surface area contributed by atoms with E-state index in [1.807, 2.05) is 6.20 Å². The van der Waals surface area contributed by atoms with Crippen LogP contribution in [0.5, 0.6) is 0 Å². The molecule has 6 nitrogen and oxygen atoms in total. The minimum absolute atomic E-state index is 0.243. The zero-order valence-electron chi connectivity index (χ0n) is 7.10. The Labute approximate surface area is 75.4 Å². The summed E-state index contributed by atoms with van der Waals surface area (Å²) < 4.78 is 0. The maximum absolute atomic E-state index is 8.78. The Hall–Kier alpha value is -1.56. The number of aromatic amines is 1. The second-order valence-corrected chi connectivity index (χ2v) is 2.23. The normalized spacial score (nSPS) is 8.69. The van der Waals surface area contributed by atoms with E-state index in [0.717, 1.165) is 18.5 Å². The van der Waals surface area contributed by atoms with Crippen LogP contribution in [0, 0.1) is 0 Å². The molecule has 1 aromatic rings. The Bertz CT molecular complexity index is 219. The average Bonchev–Trinajstić information content (AvgIpc) is 2.51. The van der Waals surface area contributed by atoms with Crippen LogP contribution in [-0.4, -0.2) is 32.9 Å². The fourth-order valence-corrected chi connectivity index (χ4v) is 0.688. The lowest BCUT2D eigenvalue weighted by Gasteiger charge is -1.89. The number of H-pyrrole nitrogens is 1. The second kappa shape index (κ2) is 7.11. The summed E-state index contributed by atoms with van der Waals surface area (Å²) in [6.45, 7) is 0.243. The van der Waals surface area contributed by atoms with E-state index >= 15 is 0 Å². The van der Waals surface area contributed by atoms with Crippen molar-refractivity contribution >= 4 is 6.09 Å². The minimum Gasteiger partial charge on any atom is -0.465 e. The molecule has 0 bridgehead atoms. The molecule has 0 aromatic carbocycles. The summed E-state index contributed by atoms with van der Waals surface area (Å²) in [5, 5.41) is 15.6. The summed E-state index contributed by atoms with van der Waals surface area (Å²) in [6, 6.07) is 0. The molecule has 74 valence electrons. The average molecular weight is 187 g/mol. The summed E-state index contributed by atoms with van der Waals surface area (Å²) in [7, 11) is 0. The molecule has 0 saturated carbocycles. The first-order valence-electron chi connectivity index (χ1n) is 3.73. The fourth-order valence-electron chi connectivity index (χ4n) is 0.688. The molecular formula is C7H13N3O3. The highest BCUT2D eigenvalue weighted by Gasteiger charge is 1.90. The Morgan fingerprint density at radius 3 is 2.69 bits per heavy atom. The standard InChI is InChI=1S/C6H10N2O.CH3NO2/c9-3-1-2-6-4-7-5-8-6;2-1(3)4/h4-5,9H,1-3H2,(H,7,8);2H2,(H,3,4). The first-order valence-corrected chi connectivity index (χ1v) is 3.73. The first kappa shape index (κ1) is 11.4. The van der Waals surface area contributed by atoms with Crippen molar-refractivity contribution in [2.24, 2.45) is 5.73 Å². The quantitative estimate of drug-likeness (QED) is 0.531. The van der Waals surface area contributed by atoms with E-state index in [2.05, 4.69) is 15.7 Å². The summed E-state index contributed by atoms with van der Waals surface area (Å²) in [4.78, 5) is 15.6. The van der Waals surface area contributed by atoms with E-state index in [4.69, 9.17) is 15.0 Å². The molecule has 13 heavy (non-hydrogen) atoms. The molecule has 0 aliphatic heterocycles. The van der Waals surface area contributed by atoms with E-state index in [1.54, 1.807) is 6.33 Å². The highest BCUT2D eigenvalue weighted by molar-refractivity contribution is 5.61.